The molecular weight excluding hydrogens is 342 g/mol. The van der Waals surface area contributed by atoms with E-state index < -0.39 is 4.92 Å². The van der Waals surface area contributed by atoms with Gasteiger partial charge in [0, 0.05) is 4.47 Å². The molecule has 2 aromatic rings. The molecule has 0 saturated carbocycles. The van der Waals surface area contributed by atoms with Crippen LogP contribution in [0.5, 0.6) is 17.2 Å². The Morgan fingerprint density at radius 3 is 2.52 bits per heavy atom. The largest absolute Gasteiger partial charge is 0.496 e. The van der Waals surface area contributed by atoms with Crippen molar-refractivity contribution < 1.29 is 19.5 Å². The van der Waals surface area contributed by atoms with Crippen molar-refractivity contribution in [1.29, 1.82) is 0 Å². The Morgan fingerprint density at radius 1 is 1.24 bits per heavy atom. The highest BCUT2D eigenvalue weighted by atomic mass is 79.9. The van der Waals surface area contributed by atoms with Gasteiger partial charge in [0.2, 0.25) is 5.75 Å². The molecule has 0 amide bonds. The predicted octanol–water partition coefficient (Wildman–Crippen LogP) is 3.65. The zero-order valence-corrected chi connectivity index (χ0v) is 12.7. The summed E-state index contributed by atoms with van der Waals surface area (Å²) < 4.78 is 11.2. The number of aliphatic hydroxyl groups excluding tert-OH is 1. The minimum absolute atomic E-state index is 0.108. The number of aliphatic hydroxyl groups is 1. The van der Waals surface area contributed by atoms with Crippen molar-refractivity contribution >= 4 is 21.6 Å². The molecule has 7 heteroatoms. The molecule has 0 aliphatic rings. The molecule has 2 rings (SSSR count). The molecule has 1 N–H and O–H groups in total. The Labute approximate surface area is 129 Å². The van der Waals surface area contributed by atoms with Crippen LogP contribution in [0.4, 0.5) is 5.69 Å². The van der Waals surface area contributed by atoms with Crippen LogP contribution in [0.15, 0.2) is 40.9 Å². The van der Waals surface area contributed by atoms with Crippen LogP contribution in [0.3, 0.4) is 0 Å². The summed E-state index contributed by atoms with van der Waals surface area (Å²) in [4.78, 5) is 10.5. The van der Waals surface area contributed by atoms with Gasteiger partial charge in [0.1, 0.15) is 11.5 Å². The fraction of sp³-hybridized carbons (Fsp3) is 0.143. The second-order valence-corrected chi connectivity index (χ2v) is 4.96. The summed E-state index contributed by atoms with van der Waals surface area (Å²) in [6.07, 6.45) is 0. The maximum atomic E-state index is 11.1. The number of nitro benzene ring substituents is 1. The Morgan fingerprint density at radius 2 is 1.95 bits per heavy atom. The first-order chi connectivity index (χ1) is 10.0. The minimum Gasteiger partial charge on any atom is -0.496 e. The van der Waals surface area contributed by atoms with E-state index in [0.29, 0.717) is 21.5 Å². The number of hydrogen-bond donors (Lipinski definition) is 1. The summed E-state index contributed by atoms with van der Waals surface area (Å²) in [6, 6.07) is 9.30. The molecule has 0 heterocycles. The van der Waals surface area contributed by atoms with Gasteiger partial charge in [-0.25, -0.2) is 0 Å². The maximum absolute atomic E-state index is 11.1. The van der Waals surface area contributed by atoms with Crippen molar-refractivity contribution in [2.75, 3.05) is 7.11 Å². The topological polar surface area (TPSA) is 81.8 Å². The third-order valence-corrected chi connectivity index (χ3v) is 3.52. The smallest absolute Gasteiger partial charge is 0.315 e. The number of nitrogens with zero attached hydrogens (tertiary/aromatic N) is 1. The Bertz CT molecular complexity index is 674. The summed E-state index contributed by atoms with van der Waals surface area (Å²) in [5.74, 6) is 0.919. The Kier molecular flexibility index (Phi) is 4.77. The lowest BCUT2D eigenvalue weighted by molar-refractivity contribution is -0.385. The molecule has 0 bridgehead atoms. The molecule has 0 aliphatic heterocycles. The molecule has 0 aliphatic carbocycles. The number of nitro groups is 1. The summed E-state index contributed by atoms with van der Waals surface area (Å²) in [7, 11) is 1.43. The van der Waals surface area contributed by atoms with Gasteiger partial charge in [0.05, 0.1) is 24.7 Å². The highest BCUT2D eigenvalue weighted by Gasteiger charge is 2.17. The normalized spacial score (nSPS) is 10.2. The van der Waals surface area contributed by atoms with Crippen molar-refractivity contribution in [1.82, 2.24) is 0 Å². The first-order valence-corrected chi connectivity index (χ1v) is 6.74. The van der Waals surface area contributed by atoms with Crippen LogP contribution in [-0.4, -0.2) is 17.1 Å². The van der Waals surface area contributed by atoms with Crippen LogP contribution in [0, 0.1) is 10.1 Å². The molecule has 2 aromatic carbocycles. The molecule has 0 aromatic heterocycles. The number of halogens is 1. The van der Waals surface area contributed by atoms with Gasteiger partial charge in [-0.3, -0.25) is 10.1 Å². The molecule has 0 fully saturated rings. The van der Waals surface area contributed by atoms with E-state index in [1.54, 1.807) is 24.3 Å². The van der Waals surface area contributed by atoms with Gasteiger partial charge < -0.3 is 14.6 Å². The molecule has 110 valence electrons. The van der Waals surface area contributed by atoms with Gasteiger partial charge in [-0.15, -0.1) is 0 Å². The minimum atomic E-state index is -0.533. The Balaban J connectivity index is 2.35. The maximum Gasteiger partial charge on any atom is 0.315 e. The number of hydrogen-bond acceptors (Lipinski definition) is 5. The van der Waals surface area contributed by atoms with Crippen molar-refractivity contribution in [2.45, 2.75) is 6.61 Å². The molecular formula is C14H12BrNO5. The molecule has 0 radical (unpaired) electrons. The molecule has 21 heavy (non-hydrogen) atoms. The van der Waals surface area contributed by atoms with E-state index in [0.717, 1.165) is 0 Å². The monoisotopic (exact) mass is 353 g/mol. The quantitative estimate of drug-likeness (QED) is 0.655. The predicted molar refractivity (Wildman–Crippen MR) is 79.8 cm³/mol. The zero-order chi connectivity index (χ0) is 15.4. The molecule has 6 nitrogen and oxygen atoms in total. The van der Waals surface area contributed by atoms with Crippen molar-refractivity contribution in [3.05, 3.63) is 56.5 Å². The highest BCUT2D eigenvalue weighted by Crippen LogP contribution is 2.35. The van der Waals surface area contributed by atoms with E-state index in [-0.39, 0.29) is 18.0 Å². The van der Waals surface area contributed by atoms with Gasteiger partial charge in [-0.2, -0.15) is 0 Å². The van der Waals surface area contributed by atoms with E-state index in [4.69, 9.17) is 14.6 Å². The number of rotatable bonds is 5. The van der Waals surface area contributed by atoms with E-state index in [1.165, 1.54) is 19.2 Å². The SMILES string of the molecule is COc1ccc(Oc2ccc(CO)c(Br)c2)c([N+](=O)[O-])c1. The van der Waals surface area contributed by atoms with E-state index in [2.05, 4.69) is 15.9 Å². The van der Waals surface area contributed by atoms with Crippen molar-refractivity contribution in [3.8, 4) is 17.2 Å². The molecule has 0 atom stereocenters. The third-order valence-electron chi connectivity index (χ3n) is 2.79. The van der Waals surface area contributed by atoms with E-state index in [9.17, 15) is 10.1 Å². The van der Waals surface area contributed by atoms with E-state index in [1.807, 2.05) is 0 Å². The summed E-state index contributed by atoms with van der Waals surface area (Å²) >= 11 is 3.30. The van der Waals surface area contributed by atoms with Crippen molar-refractivity contribution in [2.24, 2.45) is 0 Å². The first-order valence-electron chi connectivity index (χ1n) is 5.94. The molecule has 0 unspecified atom stereocenters. The van der Waals surface area contributed by atoms with Crippen molar-refractivity contribution in [3.63, 3.8) is 0 Å². The zero-order valence-electron chi connectivity index (χ0n) is 11.1. The van der Waals surface area contributed by atoms with Gasteiger partial charge in [-0.1, -0.05) is 22.0 Å². The summed E-state index contributed by atoms with van der Waals surface area (Å²) in [5.41, 5.74) is 0.517. The van der Waals surface area contributed by atoms with Gasteiger partial charge in [-0.05, 0) is 29.8 Å². The second kappa shape index (κ2) is 6.55. The van der Waals surface area contributed by atoms with Crippen LogP contribution >= 0.6 is 15.9 Å². The van der Waals surface area contributed by atoms with Gasteiger partial charge in [0.15, 0.2) is 0 Å². The average Bonchev–Trinajstić information content (AvgIpc) is 2.47. The number of benzene rings is 2. The van der Waals surface area contributed by atoms with Crippen LogP contribution in [-0.2, 0) is 6.61 Å². The number of methoxy groups -OCH3 is 1. The highest BCUT2D eigenvalue weighted by molar-refractivity contribution is 9.10. The standard InChI is InChI=1S/C14H12BrNO5/c1-20-10-4-5-14(13(7-10)16(18)19)21-11-3-2-9(8-17)12(15)6-11/h2-7,17H,8H2,1H3. The molecule has 0 saturated heterocycles. The van der Waals surface area contributed by atoms with Crippen LogP contribution in [0.25, 0.3) is 0 Å². The average molecular weight is 354 g/mol. The van der Waals surface area contributed by atoms with Crippen LogP contribution in [0.1, 0.15) is 5.56 Å². The van der Waals surface area contributed by atoms with Gasteiger partial charge in [0.25, 0.3) is 0 Å². The lowest BCUT2D eigenvalue weighted by atomic mass is 10.2. The first kappa shape index (κ1) is 15.3. The second-order valence-electron chi connectivity index (χ2n) is 4.10. The molecule has 0 spiro atoms. The van der Waals surface area contributed by atoms with Gasteiger partial charge >= 0.3 is 5.69 Å². The number of ether oxygens (including phenoxy) is 2. The lowest BCUT2D eigenvalue weighted by Gasteiger charge is -2.09. The summed E-state index contributed by atoms with van der Waals surface area (Å²) in [6.45, 7) is -0.108. The fourth-order valence-electron chi connectivity index (χ4n) is 1.70. The van der Waals surface area contributed by atoms with Crippen LogP contribution in [0.2, 0.25) is 0 Å². The van der Waals surface area contributed by atoms with E-state index >= 15 is 0 Å². The lowest BCUT2D eigenvalue weighted by Crippen LogP contribution is -1.95. The third kappa shape index (κ3) is 3.50. The fourth-order valence-corrected chi connectivity index (χ4v) is 2.18. The van der Waals surface area contributed by atoms with Crippen LogP contribution < -0.4 is 9.47 Å². The Hall–Kier alpha value is -2.12. The summed E-state index contributed by atoms with van der Waals surface area (Å²) in [5, 5.41) is 20.2.